The SMILES string of the molecule is COc1ncc(I)c(C(F)F)c1C(=O)O. The quantitative estimate of drug-likeness (QED) is 0.865. The topological polar surface area (TPSA) is 59.4 Å². The number of carbonyl (C=O) groups is 1. The summed E-state index contributed by atoms with van der Waals surface area (Å²) < 4.78 is 29.9. The number of carboxylic acids is 1. The van der Waals surface area contributed by atoms with Crippen molar-refractivity contribution in [2.24, 2.45) is 0 Å². The molecule has 0 aromatic carbocycles. The number of aromatic carboxylic acids is 1. The van der Waals surface area contributed by atoms with Crippen LogP contribution in [0, 0.1) is 3.57 Å². The molecule has 0 amide bonds. The summed E-state index contributed by atoms with van der Waals surface area (Å²) in [4.78, 5) is 14.4. The van der Waals surface area contributed by atoms with Gasteiger partial charge in [-0.1, -0.05) is 0 Å². The minimum atomic E-state index is -2.88. The minimum Gasteiger partial charge on any atom is -0.480 e. The molecule has 7 heteroatoms. The number of alkyl halides is 2. The van der Waals surface area contributed by atoms with E-state index >= 15 is 0 Å². The van der Waals surface area contributed by atoms with Gasteiger partial charge < -0.3 is 9.84 Å². The maximum atomic E-state index is 12.6. The van der Waals surface area contributed by atoms with Crippen molar-refractivity contribution in [2.45, 2.75) is 6.43 Å². The fourth-order valence-corrected chi connectivity index (χ4v) is 1.70. The van der Waals surface area contributed by atoms with E-state index in [1.165, 1.54) is 7.11 Å². The first kappa shape index (κ1) is 12.1. The largest absolute Gasteiger partial charge is 0.480 e. The fourth-order valence-electron chi connectivity index (χ4n) is 1.06. The zero-order valence-corrected chi connectivity index (χ0v) is 9.66. The Morgan fingerprint density at radius 3 is 2.67 bits per heavy atom. The van der Waals surface area contributed by atoms with E-state index in [9.17, 15) is 13.6 Å². The third-order valence-electron chi connectivity index (χ3n) is 1.66. The Hall–Kier alpha value is -0.990. The number of aromatic nitrogens is 1. The molecule has 1 aromatic heterocycles. The molecular formula is C8H6F2INO3. The molecule has 0 atom stereocenters. The van der Waals surface area contributed by atoms with Crippen LogP contribution < -0.4 is 4.74 Å². The Morgan fingerprint density at radius 1 is 1.67 bits per heavy atom. The summed E-state index contributed by atoms with van der Waals surface area (Å²) in [6, 6.07) is 0. The predicted octanol–water partition coefficient (Wildman–Crippen LogP) is 2.33. The first-order chi connectivity index (χ1) is 6.99. The third kappa shape index (κ3) is 2.33. The Morgan fingerprint density at radius 2 is 2.27 bits per heavy atom. The lowest BCUT2D eigenvalue weighted by Crippen LogP contribution is -2.09. The molecule has 0 fully saturated rings. The highest BCUT2D eigenvalue weighted by atomic mass is 127. The van der Waals surface area contributed by atoms with Crippen LogP contribution >= 0.6 is 22.6 Å². The average Bonchev–Trinajstić information content (AvgIpc) is 2.16. The molecule has 0 aliphatic heterocycles. The second-order valence-electron chi connectivity index (χ2n) is 2.51. The molecule has 0 saturated heterocycles. The lowest BCUT2D eigenvalue weighted by Gasteiger charge is -2.10. The summed E-state index contributed by atoms with van der Waals surface area (Å²) in [6.45, 7) is 0. The maximum Gasteiger partial charge on any atom is 0.341 e. The summed E-state index contributed by atoms with van der Waals surface area (Å²) in [6.07, 6.45) is -1.73. The molecule has 1 N–H and O–H groups in total. The number of halogens is 3. The number of nitrogens with zero attached hydrogens (tertiary/aromatic N) is 1. The van der Waals surface area contributed by atoms with Crippen molar-refractivity contribution in [3.05, 3.63) is 20.9 Å². The van der Waals surface area contributed by atoms with Gasteiger partial charge in [0.25, 0.3) is 6.43 Å². The number of ether oxygens (including phenoxy) is 1. The molecule has 0 saturated carbocycles. The van der Waals surface area contributed by atoms with Gasteiger partial charge in [-0.05, 0) is 22.6 Å². The zero-order chi connectivity index (χ0) is 11.6. The standard InChI is InChI=1S/C8H6F2INO3/c1-15-7-5(8(13)14)4(6(9)10)3(11)2-12-7/h2,6H,1H3,(H,13,14). The molecule has 0 unspecified atom stereocenters. The highest BCUT2D eigenvalue weighted by Crippen LogP contribution is 2.32. The van der Waals surface area contributed by atoms with E-state index in [-0.39, 0.29) is 9.45 Å². The monoisotopic (exact) mass is 329 g/mol. The number of pyridine rings is 1. The number of carboxylic acid groups (broad SMARTS) is 1. The number of hydrogen-bond acceptors (Lipinski definition) is 3. The van der Waals surface area contributed by atoms with E-state index < -0.39 is 23.5 Å². The molecule has 0 aliphatic rings. The molecule has 0 spiro atoms. The fraction of sp³-hybridized carbons (Fsp3) is 0.250. The first-order valence-corrected chi connectivity index (χ1v) is 4.80. The van der Waals surface area contributed by atoms with Gasteiger partial charge in [-0.15, -0.1) is 0 Å². The Bertz CT molecular complexity index is 398. The van der Waals surface area contributed by atoms with Gasteiger partial charge in [0.1, 0.15) is 5.56 Å². The van der Waals surface area contributed by atoms with Crippen LogP contribution in [0.15, 0.2) is 6.20 Å². The first-order valence-electron chi connectivity index (χ1n) is 3.72. The molecular weight excluding hydrogens is 323 g/mol. The van der Waals surface area contributed by atoms with Gasteiger partial charge in [0, 0.05) is 9.77 Å². The molecule has 1 aromatic rings. The molecule has 0 radical (unpaired) electrons. The molecule has 1 rings (SSSR count). The van der Waals surface area contributed by atoms with Crippen molar-refractivity contribution in [3.8, 4) is 5.88 Å². The maximum absolute atomic E-state index is 12.6. The summed E-state index contributed by atoms with van der Waals surface area (Å²) in [5.41, 5.74) is -1.14. The highest BCUT2D eigenvalue weighted by molar-refractivity contribution is 14.1. The van der Waals surface area contributed by atoms with E-state index in [1.807, 2.05) is 0 Å². The van der Waals surface area contributed by atoms with E-state index in [1.54, 1.807) is 22.6 Å². The van der Waals surface area contributed by atoms with Crippen LogP contribution in [-0.2, 0) is 0 Å². The average molecular weight is 329 g/mol. The van der Waals surface area contributed by atoms with Crippen LogP contribution in [0.5, 0.6) is 5.88 Å². The minimum absolute atomic E-state index is 0.0980. The Kier molecular flexibility index (Phi) is 3.77. The lowest BCUT2D eigenvalue weighted by atomic mass is 10.1. The second-order valence-corrected chi connectivity index (χ2v) is 3.67. The van der Waals surface area contributed by atoms with Gasteiger partial charge in [0.05, 0.1) is 12.7 Å². The van der Waals surface area contributed by atoms with Gasteiger partial charge in [0.2, 0.25) is 5.88 Å². The molecule has 82 valence electrons. The zero-order valence-electron chi connectivity index (χ0n) is 7.50. The van der Waals surface area contributed by atoms with Gasteiger partial charge in [-0.3, -0.25) is 0 Å². The Balaban J connectivity index is 3.51. The van der Waals surface area contributed by atoms with Crippen LogP contribution in [0.1, 0.15) is 22.3 Å². The number of rotatable bonds is 3. The van der Waals surface area contributed by atoms with Crippen LogP contribution in [-0.4, -0.2) is 23.2 Å². The number of methoxy groups -OCH3 is 1. The molecule has 15 heavy (non-hydrogen) atoms. The lowest BCUT2D eigenvalue weighted by molar-refractivity contribution is 0.0678. The summed E-state index contributed by atoms with van der Waals surface area (Å²) in [5.74, 6) is -1.79. The van der Waals surface area contributed by atoms with Gasteiger partial charge in [-0.25, -0.2) is 18.6 Å². The van der Waals surface area contributed by atoms with Crippen molar-refractivity contribution in [1.82, 2.24) is 4.98 Å². The number of hydrogen-bond donors (Lipinski definition) is 1. The molecule has 4 nitrogen and oxygen atoms in total. The molecule has 0 bridgehead atoms. The highest BCUT2D eigenvalue weighted by Gasteiger charge is 2.26. The van der Waals surface area contributed by atoms with Crippen molar-refractivity contribution in [2.75, 3.05) is 7.11 Å². The van der Waals surface area contributed by atoms with Crippen LogP contribution in [0.2, 0.25) is 0 Å². The van der Waals surface area contributed by atoms with Crippen molar-refractivity contribution < 1.29 is 23.4 Å². The summed E-state index contributed by atoms with van der Waals surface area (Å²) in [7, 11) is 1.18. The van der Waals surface area contributed by atoms with E-state index in [2.05, 4.69) is 9.72 Å². The van der Waals surface area contributed by atoms with Crippen molar-refractivity contribution in [3.63, 3.8) is 0 Å². The van der Waals surface area contributed by atoms with Gasteiger partial charge >= 0.3 is 5.97 Å². The predicted molar refractivity (Wildman–Crippen MR) is 55.4 cm³/mol. The van der Waals surface area contributed by atoms with Crippen molar-refractivity contribution >= 4 is 28.6 Å². The molecule has 1 heterocycles. The normalized spacial score (nSPS) is 10.5. The van der Waals surface area contributed by atoms with E-state index in [0.29, 0.717) is 0 Å². The smallest absolute Gasteiger partial charge is 0.341 e. The Labute approximate surface area is 97.4 Å². The summed E-state index contributed by atoms with van der Waals surface area (Å²) in [5, 5.41) is 8.79. The van der Waals surface area contributed by atoms with Gasteiger partial charge in [0.15, 0.2) is 0 Å². The third-order valence-corrected chi connectivity index (χ3v) is 2.52. The van der Waals surface area contributed by atoms with Crippen LogP contribution in [0.4, 0.5) is 8.78 Å². The van der Waals surface area contributed by atoms with E-state index in [4.69, 9.17) is 5.11 Å². The van der Waals surface area contributed by atoms with Crippen molar-refractivity contribution in [1.29, 1.82) is 0 Å². The summed E-state index contributed by atoms with van der Waals surface area (Å²) >= 11 is 1.61. The van der Waals surface area contributed by atoms with E-state index in [0.717, 1.165) is 6.20 Å². The second kappa shape index (κ2) is 4.69. The molecule has 0 aliphatic carbocycles. The van der Waals surface area contributed by atoms with Crippen LogP contribution in [0.3, 0.4) is 0 Å². The van der Waals surface area contributed by atoms with Crippen LogP contribution in [0.25, 0.3) is 0 Å². The van der Waals surface area contributed by atoms with Gasteiger partial charge in [-0.2, -0.15) is 0 Å².